The molecule has 1 amide bonds. The Morgan fingerprint density at radius 3 is 2.64 bits per heavy atom. The normalized spacial score (nSPS) is 11.0. The highest BCUT2D eigenvalue weighted by molar-refractivity contribution is 7.98. The van der Waals surface area contributed by atoms with E-state index in [1.807, 2.05) is 30.3 Å². The third-order valence-electron chi connectivity index (χ3n) is 4.35. The number of nitrogens with two attached hydrogens (primary N) is 1. The van der Waals surface area contributed by atoms with E-state index in [1.165, 1.54) is 28.7 Å². The van der Waals surface area contributed by atoms with E-state index in [0.717, 1.165) is 4.90 Å². The van der Waals surface area contributed by atoms with Gasteiger partial charge in [-0.2, -0.15) is 9.78 Å². The first-order chi connectivity index (χ1) is 16.0. The van der Waals surface area contributed by atoms with Gasteiger partial charge >= 0.3 is 5.97 Å². The molecule has 0 saturated heterocycles. The molecule has 2 aromatic carbocycles. The number of carbonyl (C=O) groups excluding carboxylic acids is 1. The maximum atomic E-state index is 12.8. The van der Waals surface area contributed by atoms with Gasteiger partial charge in [-0.3, -0.25) is 4.79 Å². The van der Waals surface area contributed by atoms with Crippen LogP contribution in [0, 0.1) is 0 Å². The average Bonchev–Trinajstić information content (AvgIpc) is 3.44. The van der Waals surface area contributed by atoms with Crippen molar-refractivity contribution in [3.8, 4) is 5.82 Å². The zero-order chi connectivity index (χ0) is 23.2. The first-order valence-electron chi connectivity index (χ1n) is 9.41. The monoisotopic (exact) mass is 464 g/mol. The lowest BCUT2D eigenvalue weighted by molar-refractivity contribution is 0.0696. The maximum Gasteiger partial charge on any atom is 0.336 e. The molecule has 4 rings (SSSR count). The number of aromatic carboxylic acids is 1. The van der Waals surface area contributed by atoms with Crippen LogP contribution in [0.3, 0.4) is 0 Å². The number of hydrogen-bond acceptors (Lipinski definition) is 10. The highest BCUT2D eigenvalue weighted by Crippen LogP contribution is 2.25. The van der Waals surface area contributed by atoms with E-state index in [9.17, 15) is 14.7 Å². The van der Waals surface area contributed by atoms with Crippen molar-refractivity contribution >= 4 is 35.7 Å². The lowest BCUT2D eigenvalue weighted by Gasteiger charge is -2.06. The molecule has 166 valence electrons. The first kappa shape index (κ1) is 21.7. The van der Waals surface area contributed by atoms with Crippen LogP contribution in [-0.4, -0.2) is 48.5 Å². The average molecular weight is 464 g/mol. The number of benzene rings is 2. The van der Waals surface area contributed by atoms with Crippen molar-refractivity contribution in [2.24, 2.45) is 5.10 Å². The third kappa shape index (κ3) is 4.88. The Morgan fingerprint density at radius 1 is 1.15 bits per heavy atom. The van der Waals surface area contributed by atoms with E-state index >= 15 is 0 Å². The highest BCUT2D eigenvalue weighted by atomic mass is 32.2. The van der Waals surface area contributed by atoms with E-state index in [0.29, 0.717) is 17.0 Å². The molecule has 12 nitrogen and oxygen atoms in total. The number of nitrogen functional groups attached to an aromatic ring is 1. The predicted molar refractivity (Wildman–Crippen MR) is 118 cm³/mol. The number of rotatable bonds is 8. The number of hydrazone groups is 1. The molecule has 0 spiro atoms. The van der Waals surface area contributed by atoms with Crippen molar-refractivity contribution in [3.63, 3.8) is 0 Å². The van der Waals surface area contributed by atoms with Gasteiger partial charge in [0.1, 0.15) is 0 Å². The van der Waals surface area contributed by atoms with Crippen molar-refractivity contribution < 1.29 is 19.3 Å². The van der Waals surface area contributed by atoms with Crippen LogP contribution in [0.15, 0.2) is 69.2 Å². The number of hydrogen-bond donors (Lipinski definition) is 3. The Balaban J connectivity index is 1.59. The van der Waals surface area contributed by atoms with Crippen LogP contribution in [0.2, 0.25) is 0 Å². The summed E-state index contributed by atoms with van der Waals surface area (Å²) in [6.07, 6.45) is 1.24. The zero-order valence-electron chi connectivity index (χ0n) is 16.8. The van der Waals surface area contributed by atoms with Crippen molar-refractivity contribution in [2.75, 3.05) is 5.73 Å². The molecular weight excluding hydrogens is 448 g/mol. The SMILES string of the molecule is Nc1nonc1-n1nnc(C(=O)NN=Cc2ccccc2C(=O)O)c1CSc1ccccc1. The summed E-state index contributed by atoms with van der Waals surface area (Å²) in [5.41, 5.74) is 8.89. The summed E-state index contributed by atoms with van der Waals surface area (Å²) in [6.45, 7) is 0. The van der Waals surface area contributed by atoms with Crippen LogP contribution in [0.25, 0.3) is 5.82 Å². The molecule has 0 saturated carbocycles. The van der Waals surface area contributed by atoms with E-state index in [-0.39, 0.29) is 22.9 Å². The van der Waals surface area contributed by atoms with Gasteiger partial charge < -0.3 is 10.8 Å². The van der Waals surface area contributed by atoms with E-state index in [4.69, 9.17) is 5.73 Å². The molecule has 0 atom stereocenters. The fourth-order valence-corrected chi connectivity index (χ4v) is 3.71. The largest absolute Gasteiger partial charge is 0.478 e. The van der Waals surface area contributed by atoms with Gasteiger partial charge in [-0.25, -0.2) is 14.8 Å². The smallest absolute Gasteiger partial charge is 0.336 e. The summed E-state index contributed by atoms with van der Waals surface area (Å²) in [7, 11) is 0. The Morgan fingerprint density at radius 2 is 1.91 bits per heavy atom. The minimum Gasteiger partial charge on any atom is -0.478 e. The third-order valence-corrected chi connectivity index (χ3v) is 5.38. The van der Waals surface area contributed by atoms with Gasteiger partial charge in [-0.1, -0.05) is 41.6 Å². The van der Waals surface area contributed by atoms with Crippen molar-refractivity contribution in [1.29, 1.82) is 0 Å². The Labute approximate surface area is 190 Å². The summed E-state index contributed by atoms with van der Waals surface area (Å²) >= 11 is 1.45. The molecule has 0 unspecified atom stereocenters. The molecule has 13 heteroatoms. The molecule has 4 N–H and O–H groups in total. The first-order valence-corrected chi connectivity index (χ1v) is 10.4. The zero-order valence-corrected chi connectivity index (χ0v) is 17.6. The summed E-state index contributed by atoms with van der Waals surface area (Å²) in [5.74, 6) is -1.36. The number of carboxylic acids is 1. The standard InChI is InChI=1S/C20H16N8O4S/c21-17-18(26-32-25-17)28-15(11-33-13-7-2-1-3-8-13)16(23-27-28)19(29)24-22-10-12-6-4-5-9-14(12)20(30)31/h1-10H,11H2,(H2,21,25)(H,24,29)(H,30,31). The van der Waals surface area contributed by atoms with Gasteiger partial charge in [0.05, 0.1) is 17.5 Å². The van der Waals surface area contributed by atoms with Crippen LogP contribution >= 0.6 is 11.8 Å². The molecule has 2 aromatic heterocycles. The topological polar surface area (TPSA) is 174 Å². The van der Waals surface area contributed by atoms with E-state index in [1.54, 1.807) is 18.2 Å². The molecule has 2 heterocycles. The molecule has 0 aliphatic heterocycles. The van der Waals surface area contributed by atoms with E-state index < -0.39 is 11.9 Å². The van der Waals surface area contributed by atoms with Gasteiger partial charge in [-0.05, 0) is 28.5 Å². The molecule has 0 fully saturated rings. The lowest BCUT2D eigenvalue weighted by Crippen LogP contribution is -2.20. The Kier molecular flexibility index (Phi) is 6.40. The van der Waals surface area contributed by atoms with Crippen LogP contribution in [0.1, 0.15) is 32.1 Å². The van der Waals surface area contributed by atoms with Crippen LogP contribution in [0.4, 0.5) is 5.82 Å². The van der Waals surface area contributed by atoms with Crippen molar-refractivity contribution in [3.05, 3.63) is 77.1 Å². The van der Waals surface area contributed by atoms with Crippen LogP contribution in [0.5, 0.6) is 0 Å². The fourth-order valence-electron chi connectivity index (χ4n) is 2.80. The molecule has 0 bridgehead atoms. The van der Waals surface area contributed by atoms with Crippen LogP contribution < -0.4 is 11.2 Å². The van der Waals surface area contributed by atoms with Gasteiger partial charge in [0.15, 0.2) is 5.69 Å². The second kappa shape index (κ2) is 9.74. The number of amides is 1. The molecule has 0 aliphatic carbocycles. The summed E-state index contributed by atoms with van der Waals surface area (Å²) in [6, 6.07) is 15.8. The second-order valence-corrected chi connectivity index (χ2v) is 7.51. The number of carbonyl (C=O) groups is 2. The highest BCUT2D eigenvalue weighted by Gasteiger charge is 2.24. The maximum absolute atomic E-state index is 12.8. The quantitative estimate of drug-likeness (QED) is 0.199. The minimum atomic E-state index is -1.11. The Hall–Kier alpha value is -4.52. The summed E-state index contributed by atoms with van der Waals surface area (Å²) in [5, 5.41) is 28.3. The Bertz CT molecular complexity index is 1320. The molecule has 4 aromatic rings. The number of nitrogens with one attached hydrogen (secondary N) is 1. The molecule has 0 radical (unpaired) electrons. The van der Waals surface area contributed by atoms with Gasteiger partial charge in [0.25, 0.3) is 5.91 Å². The van der Waals surface area contributed by atoms with Gasteiger partial charge in [-0.15, -0.1) is 16.9 Å². The fraction of sp³-hybridized carbons (Fsp3) is 0.0500. The van der Waals surface area contributed by atoms with Crippen molar-refractivity contribution in [1.82, 2.24) is 30.7 Å². The number of aromatic nitrogens is 5. The molecule has 33 heavy (non-hydrogen) atoms. The summed E-state index contributed by atoms with van der Waals surface area (Å²) in [4.78, 5) is 25.1. The van der Waals surface area contributed by atoms with E-state index in [2.05, 4.69) is 35.8 Å². The number of carboxylic acid groups (broad SMARTS) is 1. The number of thioether (sulfide) groups is 1. The molecule has 0 aliphatic rings. The summed E-state index contributed by atoms with van der Waals surface area (Å²) < 4.78 is 5.92. The predicted octanol–water partition coefficient (Wildman–Crippen LogP) is 1.99. The minimum absolute atomic E-state index is 0.00972. The second-order valence-electron chi connectivity index (χ2n) is 6.46. The number of anilines is 1. The van der Waals surface area contributed by atoms with Gasteiger partial charge in [0.2, 0.25) is 11.6 Å². The lowest BCUT2D eigenvalue weighted by atomic mass is 10.1. The molecular formula is C20H16N8O4S. The number of nitrogens with zero attached hydrogens (tertiary/aromatic N) is 6. The van der Waals surface area contributed by atoms with Crippen LogP contribution in [-0.2, 0) is 5.75 Å². The van der Waals surface area contributed by atoms with Gasteiger partial charge in [0, 0.05) is 16.2 Å². The van der Waals surface area contributed by atoms with Crippen molar-refractivity contribution in [2.45, 2.75) is 10.6 Å².